The number of halogens is 2. The van der Waals surface area contributed by atoms with Gasteiger partial charge in [-0.2, -0.15) is 0 Å². The number of carbonyl (C=O) groups is 1. The Bertz CT molecular complexity index is 1050. The van der Waals surface area contributed by atoms with Crippen LogP contribution in [-0.4, -0.2) is 36.1 Å². The molecule has 0 bridgehead atoms. The summed E-state index contributed by atoms with van der Waals surface area (Å²) in [5.41, 5.74) is 1.53. The van der Waals surface area contributed by atoms with E-state index < -0.39 is 5.97 Å². The molecule has 3 rings (SSSR count). The predicted octanol–water partition coefficient (Wildman–Crippen LogP) is 7.60. The number of hydrogen-bond donors (Lipinski definition) is 0. The lowest BCUT2D eigenvalue weighted by molar-refractivity contribution is 0.0466. The van der Waals surface area contributed by atoms with Crippen LogP contribution in [0.1, 0.15) is 56.0 Å². The van der Waals surface area contributed by atoms with Gasteiger partial charge in [0.25, 0.3) is 0 Å². The van der Waals surface area contributed by atoms with Crippen molar-refractivity contribution in [3.8, 4) is 0 Å². The highest BCUT2D eigenvalue weighted by atomic mass is 35.5. The molecule has 0 aromatic heterocycles. The van der Waals surface area contributed by atoms with Gasteiger partial charge in [0.15, 0.2) is 0 Å². The number of benzene rings is 3. The number of rotatable bonds is 9. The number of nitrogens with zero attached hydrogens (tertiary/aromatic N) is 1. The summed E-state index contributed by atoms with van der Waals surface area (Å²) >= 11 is 12.2. The quantitative estimate of drug-likeness (QED) is 0.301. The number of ether oxygens (including phenoxy) is 1. The molecule has 0 aliphatic rings. The average Bonchev–Trinajstić information content (AvgIpc) is 2.75. The lowest BCUT2D eigenvalue weighted by Gasteiger charge is -2.32. The average molecular weight is 472 g/mol. The van der Waals surface area contributed by atoms with Crippen molar-refractivity contribution < 1.29 is 9.53 Å². The summed E-state index contributed by atoms with van der Waals surface area (Å²) in [6.45, 7) is 10.1. The number of fused-ring (bicyclic) bond motifs is 1. The van der Waals surface area contributed by atoms with Crippen LogP contribution >= 0.6 is 23.2 Å². The molecule has 0 aliphatic carbocycles. The molecule has 0 N–H and O–H groups in total. The lowest BCUT2D eigenvalue weighted by Crippen LogP contribution is -2.38. The Morgan fingerprint density at radius 1 is 0.938 bits per heavy atom. The van der Waals surface area contributed by atoms with Crippen LogP contribution in [0.5, 0.6) is 0 Å². The van der Waals surface area contributed by atoms with Crippen LogP contribution in [-0.2, 0) is 4.74 Å². The molecule has 0 radical (unpaired) electrons. The zero-order chi connectivity index (χ0) is 23.3. The standard InChI is InChI=1S/C27H31Cl2NO2/c1-18(2)30(19(3)4)15-14-21(24-11-7-9-20-8-5-6-10-23(20)24)17-32-27(31)25-13-12-22(28)16-26(25)29/h5-13,16,18-19,21H,14-15,17H2,1-4H3. The Morgan fingerprint density at radius 3 is 2.31 bits per heavy atom. The molecule has 3 nitrogen and oxygen atoms in total. The van der Waals surface area contributed by atoms with Gasteiger partial charge in [0.2, 0.25) is 0 Å². The van der Waals surface area contributed by atoms with Crippen molar-refractivity contribution in [3.05, 3.63) is 81.8 Å². The van der Waals surface area contributed by atoms with Crippen LogP contribution in [0.4, 0.5) is 0 Å². The Labute approximate surface area is 201 Å². The second-order valence-corrected chi connectivity index (χ2v) is 9.55. The number of hydrogen-bond acceptors (Lipinski definition) is 3. The van der Waals surface area contributed by atoms with Gasteiger partial charge in [0.05, 0.1) is 17.2 Å². The minimum atomic E-state index is -0.429. The Kier molecular flexibility index (Phi) is 8.58. The summed E-state index contributed by atoms with van der Waals surface area (Å²) in [7, 11) is 0. The summed E-state index contributed by atoms with van der Waals surface area (Å²) in [5, 5.41) is 3.17. The van der Waals surface area contributed by atoms with Crippen LogP contribution in [0, 0.1) is 0 Å². The zero-order valence-electron chi connectivity index (χ0n) is 19.1. The fourth-order valence-corrected chi connectivity index (χ4v) is 4.75. The van der Waals surface area contributed by atoms with Gasteiger partial charge in [-0.3, -0.25) is 4.90 Å². The normalized spacial score (nSPS) is 12.7. The molecule has 0 saturated carbocycles. The van der Waals surface area contributed by atoms with E-state index in [1.807, 2.05) is 6.07 Å². The van der Waals surface area contributed by atoms with Gasteiger partial charge >= 0.3 is 5.97 Å². The van der Waals surface area contributed by atoms with E-state index in [4.69, 9.17) is 27.9 Å². The van der Waals surface area contributed by atoms with Gasteiger partial charge < -0.3 is 4.74 Å². The second kappa shape index (κ2) is 11.2. The topological polar surface area (TPSA) is 29.5 Å². The molecule has 0 spiro atoms. The van der Waals surface area contributed by atoms with Crippen molar-refractivity contribution in [2.75, 3.05) is 13.2 Å². The smallest absolute Gasteiger partial charge is 0.339 e. The summed E-state index contributed by atoms with van der Waals surface area (Å²) < 4.78 is 5.78. The first-order chi connectivity index (χ1) is 15.3. The van der Waals surface area contributed by atoms with E-state index in [2.05, 4.69) is 69.0 Å². The number of esters is 1. The van der Waals surface area contributed by atoms with Crippen molar-refractivity contribution >= 4 is 39.9 Å². The fourth-order valence-electron chi connectivity index (χ4n) is 4.26. The Morgan fingerprint density at radius 2 is 1.62 bits per heavy atom. The maximum Gasteiger partial charge on any atom is 0.339 e. The molecule has 0 heterocycles. The van der Waals surface area contributed by atoms with Crippen LogP contribution in [0.3, 0.4) is 0 Å². The van der Waals surface area contributed by atoms with Gasteiger partial charge in [0.1, 0.15) is 0 Å². The summed E-state index contributed by atoms with van der Waals surface area (Å²) in [6, 6.07) is 20.4. The van der Waals surface area contributed by atoms with Gasteiger partial charge in [-0.25, -0.2) is 4.79 Å². The first-order valence-electron chi connectivity index (χ1n) is 11.1. The van der Waals surface area contributed by atoms with E-state index in [0.717, 1.165) is 13.0 Å². The van der Waals surface area contributed by atoms with Crippen LogP contribution in [0.2, 0.25) is 10.0 Å². The molecule has 32 heavy (non-hydrogen) atoms. The van der Waals surface area contributed by atoms with Gasteiger partial charge in [-0.15, -0.1) is 0 Å². The molecular formula is C27H31Cl2NO2. The third-order valence-electron chi connectivity index (χ3n) is 5.89. The minimum absolute atomic E-state index is 0.0659. The van der Waals surface area contributed by atoms with Crippen molar-refractivity contribution in [1.82, 2.24) is 4.90 Å². The first-order valence-corrected chi connectivity index (χ1v) is 11.9. The molecule has 1 atom stereocenters. The highest BCUT2D eigenvalue weighted by molar-refractivity contribution is 6.36. The second-order valence-electron chi connectivity index (χ2n) is 8.70. The first kappa shape index (κ1) is 24.6. The SMILES string of the molecule is CC(C)N(CCC(COC(=O)c1ccc(Cl)cc1Cl)c1cccc2ccccc12)C(C)C. The number of carbonyl (C=O) groups excluding carboxylic acids is 1. The van der Waals surface area contributed by atoms with Crippen LogP contribution in [0.25, 0.3) is 10.8 Å². The Balaban J connectivity index is 1.85. The van der Waals surface area contributed by atoms with E-state index in [-0.39, 0.29) is 12.5 Å². The summed E-state index contributed by atoms with van der Waals surface area (Å²) in [4.78, 5) is 15.2. The molecule has 0 fully saturated rings. The van der Waals surface area contributed by atoms with Crippen LogP contribution < -0.4 is 0 Å². The Hall–Kier alpha value is -2.07. The van der Waals surface area contributed by atoms with E-state index in [1.54, 1.807) is 18.2 Å². The van der Waals surface area contributed by atoms with Crippen molar-refractivity contribution in [3.63, 3.8) is 0 Å². The van der Waals surface area contributed by atoms with Crippen molar-refractivity contribution in [2.45, 2.75) is 52.1 Å². The molecule has 0 aliphatic heterocycles. The fraction of sp³-hybridized carbons (Fsp3) is 0.370. The van der Waals surface area contributed by atoms with Gasteiger partial charge in [-0.05, 0) is 75.2 Å². The summed E-state index contributed by atoms with van der Waals surface area (Å²) in [5.74, 6) is -0.363. The minimum Gasteiger partial charge on any atom is -0.461 e. The lowest BCUT2D eigenvalue weighted by atomic mass is 9.91. The van der Waals surface area contributed by atoms with Crippen molar-refractivity contribution in [2.24, 2.45) is 0 Å². The van der Waals surface area contributed by atoms with Gasteiger partial charge in [0, 0.05) is 23.0 Å². The van der Waals surface area contributed by atoms with E-state index in [9.17, 15) is 4.79 Å². The molecule has 170 valence electrons. The van der Waals surface area contributed by atoms with Gasteiger partial charge in [-0.1, -0.05) is 65.7 Å². The monoisotopic (exact) mass is 471 g/mol. The molecular weight excluding hydrogens is 441 g/mol. The van der Waals surface area contributed by atoms with E-state index in [1.165, 1.54) is 16.3 Å². The van der Waals surface area contributed by atoms with E-state index >= 15 is 0 Å². The largest absolute Gasteiger partial charge is 0.461 e. The molecule has 0 amide bonds. The molecule has 0 saturated heterocycles. The molecule has 3 aromatic rings. The molecule has 1 unspecified atom stereocenters. The highest BCUT2D eigenvalue weighted by Gasteiger charge is 2.22. The summed E-state index contributed by atoms with van der Waals surface area (Å²) in [6.07, 6.45) is 0.881. The maximum absolute atomic E-state index is 12.8. The zero-order valence-corrected chi connectivity index (χ0v) is 20.7. The third-order valence-corrected chi connectivity index (χ3v) is 6.44. The van der Waals surface area contributed by atoms with Crippen LogP contribution in [0.15, 0.2) is 60.7 Å². The molecule has 5 heteroatoms. The highest BCUT2D eigenvalue weighted by Crippen LogP contribution is 2.30. The van der Waals surface area contributed by atoms with E-state index in [0.29, 0.717) is 27.7 Å². The maximum atomic E-state index is 12.8. The molecule has 3 aromatic carbocycles. The van der Waals surface area contributed by atoms with Crippen molar-refractivity contribution in [1.29, 1.82) is 0 Å². The third kappa shape index (κ3) is 6.04. The predicted molar refractivity (Wildman–Crippen MR) is 135 cm³/mol.